The van der Waals surface area contributed by atoms with Crippen LogP contribution in [-0.4, -0.2) is 38.1 Å². The average molecular weight is 514 g/mol. The van der Waals surface area contributed by atoms with E-state index < -0.39 is 41.2 Å². The Labute approximate surface area is 197 Å². The lowest BCUT2D eigenvalue weighted by atomic mass is 10.0. The number of nitrogens with zero attached hydrogens (tertiary/aromatic N) is 1. The van der Waals surface area contributed by atoms with Gasteiger partial charge in [-0.3, -0.25) is 4.79 Å². The number of anilines is 1. The highest BCUT2D eigenvalue weighted by molar-refractivity contribution is 5.86. The molecule has 3 rings (SSSR count). The van der Waals surface area contributed by atoms with Crippen LogP contribution < -0.4 is 15.5 Å². The quantitative estimate of drug-likeness (QED) is 0.568. The second-order valence-electron chi connectivity index (χ2n) is 7.80. The maximum atomic E-state index is 13.5. The van der Waals surface area contributed by atoms with Crippen LogP contribution in [0.1, 0.15) is 22.3 Å². The summed E-state index contributed by atoms with van der Waals surface area (Å²) in [4.78, 5) is 14.6. The van der Waals surface area contributed by atoms with Gasteiger partial charge in [-0.1, -0.05) is 0 Å². The second-order valence-corrected chi connectivity index (χ2v) is 7.80. The van der Waals surface area contributed by atoms with Gasteiger partial charge in [0.15, 0.2) is 0 Å². The minimum atomic E-state index is -4.93. The van der Waals surface area contributed by atoms with Crippen LogP contribution in [0.4, 0.5) is 36.4 Å². The first-order chi connectivity index (χ1) is 15.4. The minimum Gasteiger partial charge on any atom is -0.357 e. The summed E-state index contributed by atoms with van der Waals surface area (Å²) in [7, 11) is 0. The van der Waals surface area contributed by atoms with Gasteiger partial charge in [-0.25, -0.2) is 4.39 Å². The van der Waals surface area contributed by atoms with Crippen LogP contribution in [0.5, 0.6) is 0 Å². The average Bonchev–Trinajstić information content (AvgIpc) is 2.72. The standard InChI is InChI=1S/C22H22F7N3O.ClH/c1-13-8-17(23)2-3-18(13)32-7-6-30-12-19(32)20(33)31-5-4-14-9-15(21(24,25)26)11-16(10-14)22(27,28)29;/h2-3,8-11,19,30H,4-7,12H2,1H3,(H,31,33);1H. The maximum absolute atomic E-state index is 13.5. The van der Waals surface area contributed by atoms with Gasteiger partial charge in [0.1, 0.15) is 11.9 Å². The van der Waals surface area contributed by atoms with Crippen LogP contribution in [-0.2, 0) is 23.6 Å². The highest BCUT2D eigenvalue weighted by Crippen LogP contribution is 2.36. The maximum Gasteiger partial charge on any atom is 0.416 e. The zero-order valence-electron chi connectivity index (χ0n) is 18.0. The van der Waals surface area contributed by atoms with Crippen molar-refractivity contribution in [2.24, 2.45) is 0 Å². The molecule has 0 radical (unpaired) electrons. The fraction of sp³-hybridized carbons (Fsp3) is 0.409. The van der Waals surface area contributed by atoms with Crippen LogP contribution in [0.15, 0.2) is 36.4 Å². The molecule has 12 heteroatoms. The molecular weight excluding hydrogens is 491 g/mol. The van der Waals surface area contributed by atoms with Crippen LogP contribution in [0.25, 0.3) is 0 Å². The summed E-state index contributed by atoms with van der Waals surface area (Å²) in [6.07, 6.45) is -10.1. The number of rotatable bonds is 5. The minimum absolute atomic E-state index is 0. The Morgan fingerprint density at radius 1 is 1.06 bits per heavy atom. The summed E-state index contributed by atoms with van der Waals surface area (Å²) in [5.41, 5.74) is -1.67. The lowest BCUT2D eigenvalue weighted by Crippen LogP contribution is -2.58. The number of aryl methyl sites for hydroxylation is 1. The largest absolute Gasteiger partial charge is 0.416 e. The third-order valence-corrected chi connectivity index (χ3v) is 5.37. The molecule has 188 valence electrons. The number of carbonyl (C=O) groups excluding carboxylic acids is 1. The third-order valence-electron chi connectivity index (χ3n) is 5.37. The molecule has 2 N–H and O–H groups in total. The Bertz CT molecular complexity index is 979. The fourth-order valence-corrected chi connectivity index (χ4v) is 3.78. The molecule has 34 heavy (non-hydrogen) atoms. The van der Waals surface area contributed by atoms with Crippen molar-refractivity contribution < 1.29 is 35.5 Å². The van der Waals surface area contributed by atoms with Gasteiger partial charge in [-0.2, -0.15) is 26.3 Å². The highest BCUT2D eigenvalue weighted by atomic mass is 35.5. The number of hydrogen-bond donors (Lipinski definition) is 2. The van der Waals surface area contributed by atoms with Gasteiger partial charge in [0.2, 0.25) is 5.91 Å². The van der Waals surface area contributed by atoms with Gasteiger partial charge in [0.05, 0.1) is 11.1 Å². The highest BCUT2D eigenvalue weighted by Gasteiger charge is 2.37. The van der Waals surface area contributed by atoms with E-state index in [-0.39, 0.29) is 43.5 Å². The van der Waals surface area contributed by atoms with Crippen molar-refractivity contribution in [1.82, 2.24) is 10.6 Å². The molecule has 0 bridgehead atoms. The molecule has 1 saturated heterocycles. The Balaban J connectivity index is 0.00000408. The summed E-state index contributed by atoms with van der Waals surface area (Å²) < 4.78 is 91.6. The van der Waals surface area contributed by atoms with E-state index in [0.29, 0.717) is 36.5 Å². The molecule has 1 heterocycles. The van der Waals surface area contributed by atoms with E-state index in [1.165, 1.54) is 12.1 Å². The van der Waals surface area contributed by atoms with Crippen molar-refractivity contribution in [3.63, 3.8) is 0 Å². The SMILES string of the molecule is Cc1cc(F)ccc1N1CCNCC1C(=O)NCCc1cc(C(F)(F)F)cc(C(F)(F)F)c1.Cl. The Morgan fingerprint density at radius 3 is 2.24 bits per heavy atom. The fourth-order valence-electron chi connectivity index (χ4n) is 3.78. The third kappa shape index (κ3) is 6.75. The smallest absolute Gasteiger partial charge is 0.357 e. The predicted octanol–water partition coefficient (Wildman–Crippen LogP) is 4.73. The van der Waals surface area contributed by atoms with E-state index >= 15 is 0 Å². The molecule has 1 unspecified atom stereocenters. The molecule has 1 fully saturated rings. The van der Waals surface area contributed by atoms with Crippen molar-refractivity contribution in [2.45, 2.75) is 31.7 Å². The van der Waals surface area contributed by atoms with Crippen molar-refractivity contribution in [3.05, 3.63) is 64.5 Å². The Kier molecular flexibility index (Phi) is 8.81. The summed E-state index contributed by atoms with van der Waals surface area (Å²) in [6, 6.07) is 4.89. The Morgan fingerprint density at radius 2 is 1.68 bits per heavy atom. The lowest BCUT2D eigenvalue weighted by Gasteiger charge is -2.37. The van der Waals surface area contributed by atoms with Gasteiger partial charge >= 0.3 is 12.4 Å². The van der Waals surface area contributed by atoms with E-state index in [4.69, 9.17) is 0 Å². The van der Waals surface area contributed by atoms with Gasteiger partial charge in [-0.15, -0.1) is 12.4 Å². The molecule has 1 atom stereocenters. The van der Waals surface area contributed by atoms with Gasteiger partial charge < -0.3 is 15.5 Å². The number of halogens is 8. The molecule has 1 amide bonds. The monoisotopic (exact) mass is 513 g/mol. The predicted molar refractivity (Wildman–Crippen MR) is 116 cm³/mol. The lowest BCUT2D eigenvalue weighted by molar-refractivity contribution is -0.143. The molecule has 4 nitrogen and oxygen atoms in total. The number of alkyl halides is 6. The molecule has 0 aromatic heterocycles. The first-order valence-corrected chi connectivity index (χ1v) is 10.2. The molecular formula is C22H23ClF7N3O. The van der Waals surface area contributed by atoms with Crippen LogP contribution in [0.3, 0.4) is 0 Å². The van der Waals surface area contributed by atoms with Crippen LogP contribution in [0, 0.1) is 12.7 Å². The van der Waals surface area contributed by atoms with Crippen molar-refractivity contribution >= 4 is 24.0 Å². The molecule has 2 aromatic carbocycles. The van der Waals surface area contributed by atoms with Crippen molar-refractivity contribution in [1.29, 1.82) is 0 Å². The molecule has 0 aliphatic carbocycles. The van der Waals surface area contributed by atoms with Gasteiger partial charge in [-0.05, 0) is 60.9 Å². The summed E-state index contributed by atoms with van der Waals surface area (Å²) in [5.74, 6) is -0.847. The number of benzene rings is 2. The number of piperazine rings is 1. The van der Waals surface area contributed by atoms with Gasteiger partial charge in [0, 0.05) is 31.9 Å². The second kappa shape index (κ2) is 10.8. The zero-order chi connectivity index (χ0) is 24.4. The summed E-state index contributed by atoms with van der Waals surface area (Å²) >= 11 is 0. The zero-order valence-corrected chi connectivity index (χ0v) is 18.8. The normalized spacial score (nSPS) is 16.7. The van der Waals surface area contributed by atoms with E-state index in [0.717, 1.165) is 0 Å². The van der Waals surface area contributed by atoms with Crippen LogP contribution >= 0.6 is 12.4 Å². The molecule has 1 aliphatic heterocycles. The molecule has 1 aliphatic rings. The first-order valence-electron chi connectivity index (χ1n) is 10.2. The van der Waals surface area contributed by atoms with E-state index in [9.17, 15) is 35.5 Å². The van der Waals surface area contributed by atoms with Gasteiger partial charge in [0.25, 0.3) is 0 Å². The summed E-state index contributed by atoms with van der Waals surface area (Å²) in [5, 5.41) is 5.67. The molecule has 2 aromatic rings. The van der Waals surface area contributed by atoms with E-state index in [2.05, 4.69) is 10.6 Å². The molecule has 0 saturated carbocycles. The number of hydrogen-bond acceptors (Lipinski definition) is 3. The van der Waals surface area contributed by atoms with Crippen LogP contribution in [0.2, 0.25) is 0 Å². The molecule has 0 spiro atoms. The topological polar surface area (TPSA) is 44.4 Å². The van der Waals surface area contributed by atoms with Crippen molar-refractivity contribution in [3.8, 4) is 0 Å². The number of carbonyl (C=O) groups is 1. The Hall–Kier alpha value is -2.53. The van der Waals surface area contributed by atoms with E-state index in [1.807, 2.05) is 0 Å². The van der Waals surface area contributed by atoms with E-state index in [1.54, 1.807) is 17.9 Å². The first kappa shape index (κ1) is 27.7. The number of amides is 1. The van der Waals surface area contributed by atoms with Crippen molar-refractivity contribution in [2.75, 3.05) is 31.1 Å². The summed E-state index contributed by atoms with van der Waals surface area (Å²) in [6.45, 7) is 2.90. The number of nitrogens with one attached hydrogen (secondary N) is 2.